The van der Waals surface area contributed by atoms with E-state index in [0.29, 0.717) is 0 Å². The Hall–Kier alpha value is 0. The van der Waals surface area contributed by atoms with Gasteiger partial charge in [-0.25, -0.2) is 0 Å². The van der Waals surface area contributed by atoms with Crippen LogP contribution in [0.2, 0.25) is 0 Å². The summed E-state index contributed by atoms with van der Waals surface area (Å²) in [5.41, 5.74) is 0. The third-order valence-corrected chi connectivity index (χ3v) is 4.24. The molecule has 0 N–H and O–H groups in total. The molecule has 0 spiro atoms. The van der Waals surface area contributed by atoms with Crippen LogP contribution in [0, 0.1) is 23.7 Å². The van der Waals surface area contributed by atoms with Crippen molar-refractivity contribution in [2.45, 2.75) is 52.4 Å². The maximum absolute atomic E-state index is 2.50. The van der Waals surface area contributed by atoms with Crippen molar-refractivity contribution in [1.82, 2.24) is 0 Å². The molecule has 0 saturated heterocycles. The number of hydrogen-bond donors (Lipinski definition) is 0. The molecule has 0 heterocycles. The lowest BCUT2D eigenvalue weighted by Crippen LogP contribution is -2.17. The molecule has 3 atom stereocenters. The Bertz CT molecular complexity index is 144. The standard InChI is InChI=1S/C12H22/c1-9-8-12(9)10(2)11-6-4-3-5-7-11/h9-12H,3-8H2,1-2H3. The van der Waals surface area contributed by atoms with Gasteiger partial charge in [-0.2, -0.15) is 0 Å². The normalized spacial score (nSPS) is 39.5. The molecular formula is C12H22. The van der Waals surface area contributed by atoms with Crippen LogP contribution in [-0.4, -0.2) is 0 Å². The van der Waals surface area contributed by atoms with E-state index >= 15 is 0 Å². The highest BCUT2D eigenvalue weighted by Crippen LogP contribution is 2.48. The Kier molecular flexibility index (Phi) is 2.43. The third kappa shape index (κ3) is 1.67. The second-order valence-electron chi connectivity index (χ2n) is 5.13. The molecule has 2 fully saturated rings. The largest absolute Gasteiger partial charge is 0.0622 e. The van der Waals surface area contributed by atoms with Crippen molar-refractivity contribution in [3.8, 4) is 0 Å². The molecule has 0 aromatic heterocycles. The van der Waals surface area contributed by atoms with E-state index in [4.69, 9.17) is 0 Å². The van der Waals surface area contributed by atoms with Crippen molar-refractivity contribution in [3.63, 3.8) is 0 Å². The van der Waals surface area contributed by atoms with E-state index in [0.717, 1.165) is 23.7 Å². The SMILES string of the molecule is CC1CC1C(C)C1CCCCC1. The highest BCUT2D eigenvalue weighted by atomic mass is 14.5. The van der Waals surface area contributed by atoms with Gasteiger partial charge in [0, 0.05) is 0 Å². The summed E-state index contributed by atoms with van der Waals surface area (Å²) in [4.78, 5) is 0. The first-order valence-electron chi connectivity index (χ1n) is 5.79. The second kappa shape index (κ2) is 3.40. The Morgan fingerprint density at radius 2 is 1.67 bits per heavy atom. The summed E-state index contributed by atoms with van der Waals surface area (Å²) >= 11 is 0. The van der Waals surface area contributed by atoms with Crippen LogP contribution in [0.1, 0.15) is 52.4 Å². The summed E-state index contributed by atoms with van der Waals surface area (Å²) in [7, 11) is 0. The quantitative estimate of drug-likeness (QED) is 0.584. The third-order valence-electron chi connectivity index (χ3n) is 4.24. The van der Waals surface area contributed by atoms with Gasteiger partial charge in [0.15, 0.2) is 0 Å². The van der Waals surface area contributed by atoms with Crippen molar-refractivity contribution < 1.29 is 0 Å². The van der Waals surface area contributed by atoms with Crippen LogP contribution in [0.15, 0.2) is 0 Å². The van der Waals surface area contributed by atoms with Gasteiger partial charge in [0.05, 0.1) is 0 Å². The minimum atomic E-state index is 1.04. The molecule has 0 bridgehead atoms. The molecule has 0 aliphatic heterocycles. The highest BCUT2D eigenvalue weighted by molar-refractivity contribution is 4.89. The fourth-order valence-electron chi connectivity index (χ4n) is 3.09. The van der Waals surface area contributed by atoms with Gasteiger partial charge < -0.3 is 0 Å². The van der Waals surface area contributed by atoms with Gasteiger partial charge in [0.25, 0.3) is 0 Å². The topological polar surface area (TPSA) is 0 Å². The molecule has 2 aliphatic carbocycles. The molecule has 0 heteroatoms. The van der Waals surface area contributed by atoms with Crippen LogP contribution in [-0.2, 0) is 0 Å². The summed E-state index contributed by atoms with van der Waals surface area (Å²) in [5.74, 6) is 4.30. The van der Waals surface area contributed by atoms with E-state index in [1.165, 1.54) is 38.5 Å². The smallest absolute Gasteiger partial charge is 0.0357 e. The monoisotopic (exact) mass is 166 g/mol. The zero-order chi connectivity index (χ0) is 8.55. The molecule has 2 aliphatic rings. The Labute approximate surface area is 76.7 Å². The molecule has 0 aromatic carbocycles. The minimum Gasteiger partial charge on any atom is -0.0622 e. The number of rotatable bonds is 2. The molecular weight excluding hydrogens is 144 g/mol. The van der Waals surface area contributed by atoms with E-state index in [1.807, 2.05) is 0 Å². The molecule has 0 nitrogen and oxygen atoms in total. The van der Waals surface area contributed by atoms with Crippen LogP contribution in [0.3, 0.4) is 0 Å². The van der Waals surface area contributed by atoms with Crippen molar-refractivity contribution in [2.24, 2.45) is 23.7 Å². The lowest BCUT2D eigenvalue weighted by atomic mass is 9.78. The van der Waals surface area contributed by atoms with Gasteiger partial charge in [0.2, 0.25) is 0 Å². The highest BCUT2D eigenvalue weighted by Gasteiger charge is 2.40. The van der Waals surface area contributed by atoms with E-state index in [1.54, 1.807) is 0 Å². The van der Waals surface area contributed by atoms with E-state index in [-0.39, 0.29) is 0 Å². The molecule has 12 heavy (non-hydrogen) atoms. The predicted molar refractivity (Wildman–Crippen MR) is 53.0 cm³/mol. The van der Waals surface area contributed by atoms with Crippen LogP contribution in [0.5, 0.6) is 0 Å². The first kappa shape index (κ1) is 8.59. The zero-order valence-corrected chi connectivity index (χ0v) is 8.55. The zero-order valence-electron chi connectivity index (χ0n) is 8.55. The molecule has 2 rings (SSSR count). The molecule has 2 saturated carbocycles. The Morgan fingerprint density at radius 3 is 2.17 bits per heavy atom. The maximum atomic E-state index is 2.50. The average Bonchev–Trinajstić information content (AvgIpc) is 2.83. The van der Waals surface area contributed by atoms with Gasteiger partial charge in [0.1, 0.15) is 0 Å². The van der Waals surface area contributed by atoms with Crippen LogP contribution >= 0.6 is 0 Å². The maximum Gasteiger partial charge on any atom is -0.0357 e. The summed E-state index contributed by atoms with van der Waals surface area (Å²) in [6.07, 6.45) is 9.11. The van der Waals surface area contributed by atoms with Crippen molar-refractivity contribution >= 4 is 0 Å². The van der Waals surface area contributed by atoms with E-state index < -0.39 is 0 Å². The lowest BCUT2D eigenvalue weighted by molar-refractivity contribution is 0.235. The lowest BCUT2D eigenvalue weighted by Gasteiger charge is -2.27. The summed E-state index contributed by atoms with van der Waals surface area (Å²) in [5, 5.41) is 0. The van der Waals surface area contributed by atoms with Crippen molar-refractivity contribution in [1.29, 1.82) is 0 Å². The summed E-state index contributed by atoms with van der Waals surface area (Å²) < 4.78 is 0. The van der Waals surface area contributed by atoms with Crippen LogP contribution in [0.4, 0.5) is 0 Å². The van der Waals surface area contributed by atoms with Crippen molar-refractivity contribution in [3.05, 3.63) is 0 Å². The average molecular weight is 166 g/mol. The molecule has 0 radical (unpaired) electrons. The van der Waals surface area contributed by atoms with Gasteiger partial charge in [-0.05, 0) is 30.1 Å². The van der Waals surface area contributed by atoms with Crippen LogP contribution < -0.4 is 0 Å². The molecule has 0 aromatic rings. The fourth-order valence-corrected chi connectivity index (χ4v) is 3.09. The fraction of sp³-hybridized carbons (Fsp3) is 1.00. The summed E-state index contributed by atoms with van der Waals surface area (Å²) in [6.45, 7) is 4.92. The van der Waals surface area contributed by atoms with Gasteiger partial charge in [-0.15, -0.1) is 0 Å². The second-order valence-corrected chi connectivity index (χ2v) is 5.13. The predicted octanol–water partition coefficient (Wildman–Crippen LogP) is 3.86. The summed E-state index contributed by atoms with van der Waals surface area (Å²) in [6, 6.07) is 0. The Balaban J connectivity index is 1.82. The van der Waals surface area contributed by atoms with Gasteiger partial charge >= 0.3 is 0 Å². The Morgan fingerprint density at radius 1 is 1.08 bits per heavy atom. The van der Waals surface area contributed by atoms with Crippen LogP contribution in [0.25, 0.3) is 0 Å². The van der Waals surface area contributed by atoms with Crippen molar-refractivity contribution in [2.75, 3.05) is 0 Å². The number of hydrogen-bond acceptors (Lipinski definition) is 0. The van der Waals surface area contributed by atoms with E-state index in [9.17, 15) is 0 Å². The van der Waals surface area contributed by atoms with Gasteiger partial charge in [-0.3, -0.25) is 0 Å². The van der Waals surface area contributed by atoms with Gasteiger partial charge in [-0.1, -0.05) is 46.0 Å². The first-order valence-corrected chi connectivity index (χ1v) is 5.79. The first-order chi connectivity index (χ1) is 5.79. The molecule has 3 unspecified atom stereocenters. The molecule has 70 valence electrons. The molecule has 0 amide bonds. The van der Waals surface area contributed by atoms with E-state index in [2.05, 4.69) is 13.8 Å². The minimum absolute atomic E-state index is 1.04.